The quantitative estimate of drug-likeness (QED) is 0.571. The van der Waals surface area contributed by atoms with Crippen LogP contribution in [0.5, 0.6) is 0 Å². The molecule has 3 rings (SSSR count). The summed E-state index contributed by atoms with van der Waals surface area (Å²) in [5.74, 6) is 0.709. The molecule has 0 spiro atoms. The van der Waals surface area contributed by atoms with E-state index < -0.39 is 0 Å². The largest absolute Gasteiger partial charge is 0.376 e. The predicted molar refractivity (Wildman–Crippen MR) is 113 cm³/mol. The van der Waals surface area contributed by atoms with Crippen LogP contribution in [0.15, 0.2) is 35.3 Å². The van der Waals surface area contributed by atoms with Crippen LogP contribution in [0.1, 0.15) is 25.7 Å². The average Bonchev–Trinajstić information content (AvgIpc) is 3.24. The van der Waals surface area contributed by atoms with Crippen molar-refractivity contribution in [1.82, 2.24) is 15.5 Å². The fraction of sp³-hybridized carbons (Fsp3) is 0.619. The Morgan fingerprint density at radius 3 is 2.61 bits per heavy atom. The molecule has 1 aromatic rings. The molecular weight excluding hydrogens is 354 g/mol. The Balaban J connectivity index is 1.52. The lowest BCUT2D eigenvalue weighted by atomic mass is 10.0. The normalized spacial score (nSPS) is 20.9. The van der Waals surface area contributed by atoms with Gasteiger partial charge in [-0.2, -0.15) is 0 Å². The molecule has 0 radical (unpaired) electrons. The van der Waals surface area contributed by atoms with Crippen LogP contribution in [0.25, 0.3) is 0 Å². The molecule has 2 aliphatic rings. The van der Waals surface area contributed by atoms with Crippen molar-refractivity contribution in [3.8, 4) is 0 Å². The number of rotatable bonds is 6. The fourth-order valence-corrected chi connectivity index (χ4v) is 3.57. The number of nitrogens with zero attached hydrogens (tertiary/aromatic N) is 3. The molecule has 2 fully saturated rings. The van der Waals surface area contributed by atoms with Crippen LogP contribution in [-0.2, 0) is 9.53 Å². The molecular formula is C21H33N5O2. The number of para-hydroxylation sites is 1. The lowest BCUT2D eigenvalue weighted by Crippen LogP contribution is -2.50. The predicted octanol–water partition coefficient (Wildman–Crippen LogP) is 1.46. The van der Waals surface area contributed by atoms with Gasteiger partial charge in [-0.1, -0.05) is 18.2 Å². The van der Waals surface area contributed by atoms with Gasteiger partial charge in [0.05, 0.1) is 6.10 Å². The van der Waals surface area contributed by atoms with E-state index in [4.69, 9.17) is 4.74 Å². The monoisotopic (exact) mass is 387 g/mol. The van der Waals surface area contributed by atoms with Gasteiger partial charge in [0.25, 0.3) is 0 Å². The third kappa shape index (κ3) is 6.12. The lowest BCUT2D eigenvalue weighted by Gasteiger charge is -2.34. The number of piperidine rings is 1. The standard InChI is InChI=1S/C21H33N5O2/c1-25(2)20(27)16-23-21(22-15-19-9-6-14-28-19)24-17-10-12-26(13-11-17)18-7-4-3-5-8-18/h3-5,7-8,17,19H,6,9-16H2,1-2H3,(H2,22,23,24). The van der Waals surface area contributed by atoms with Crippen LogP contribution in [0.3, 0.4) is 0 Å². The molecule has 2 saturated heterocycles. The summed E-state index contributed by atoms with van der Waals surface area (Å²) in [7, 11) is 3.51. The van der Waals surface area contributed by atoms with Gasteiger partial charge in [0.1, 0.15) is 6.54 Å². The highest BCUT2D eigenvalue weighted by Crippen LogP contribution is 2.19. The highest BCUT2D eigenvalue weighted by molar-refractivity contribution is 5.85. The van der Waals surface area contributed by atoms with Crippen LogP contribution in [0.2, 0.25) is 0 Å². The summed E-state index contributed by atoms with van der Waals surface area (Å²) in [5.41, 5.74) is 1.28. The minimum absolute atomic E-state index is 0.00267. The summed E-state index contributed by atoms with van der Waals surface area (Å²) in [5, 5.41) is 6.91. The van der Waals surface area contributed by atoms with Gasteiger partial charge in [-0.15, -0.1) is 0 Å². The van der Waals surface area contributed by atoms with Gasteiger partial charge in [-0.3, -0.25) is 4.79 Å². The first-order valence-corrected chi connectivity index (χ1v) is 10.3. The minimum atomic E-state index is -0.00267. The van der Waals surface area contributed by atoms with Crippen molar-refractivity contribution >= 4 is 17.6 Å². The summed E-state index contributed by atoms with van der Waals surface area (Å²) in [6, 6.07) is 10.9. The second-order valence-corrected chi connectivity index (χ2v) is 7.71. The third-order valence-corrected chi connectivity index (χ3v) is 5.35. The van der Waals surface area contributed by atoms with Gasteiger partial charge < -0.3 is 25.2 Å². The number of guanidine groups is 1. The summed E-state index contributed by atoms with van der Waals surface area (Å²) in [6.45, 7) is 3.74. The van der Waals surface area contributed by atoms with Gasteiger partial charge in [0.2, 0.25) is 5.91 Å². The zero-order chi connectivity index (χ0) is 19.8. The SMILES string of the molecule is CN(C)C(=O)CN=C(NCC1CCCO1)NC1CCN(c2ccccc2)CC1. The summed E-state index contributed by atoms with van der Waals surface area (Å²) >= 11 is 0. The van der Waals surface area contributed by atoms with E-state index >= 15 is 0 Å². The smallest absolute Gasteiger partial charge is 0.243 e. The van der Waals surface area contributed by atoms with Gasteiger partial charge in [-0.05, 0) is 37.8 Å². The lowest BCUT2D eigenvalue weighted by molar-refractivity contribution is -0.127. The number of nitrogens with one attached hydrogen (secondary N) is 2. The maximum Gasteiger partial charge on any atom is 0.243 e. The van der Waals surface area contributed by atoms with E-state index in [0.29, 0.717) is 12.0 Å². The van der Waals surface area contributed by atoms with E-state index in [1.54, 1.807) is 19.0 Å². The van der Waals surface area contributed by atoms with Crippen LogP contribution in [-0.4, -0.2) is 75.8 Å². The number of carbonyl (C=O) groups is 1. The number of hydrogen-bond acceptors (Lipinski definition) is 4. The van der Waals surface area contributed by atoms with Crippen LogP contribution in [0.4, 0.5) is 5.69 Å². The number of hydrogen-bond donors (Lipinski definition) is 2. The number of aliphatic imine (C=N–C) groups is 1. The molecule has 7 nitrogen and oxygen atoms in total. The van der Waals surface area contributed by atoms with Crippen LogP contribution in [0, 0.1) is 0 Å². The van der Waals surface area contributed by atoms with Crippen molar-refractivity contribution in [1.29, 1.82) is 0 Å². The molecule has 2 N–H and O–H groups in total. The number of likely N-dealkylation sites (N-methyl/N-ethyl adjacent to an activating group) is 1. The van der Waals surface area contributed by atoms with E-state index in [9.17, 15) is 4.79 Å². The van der Waals surface area contributed by atoms with Gasteiger partial charge in [0.15, 0.2) is 5.96 Å². The first-order valence-electron chi connectivity index (χ1n) is 10.3. The molecule has 28 heavy (non-hydrogen) atoms. The second kappa shape index (κ2) is 10.3. The minimum Gasteiger partial charge on any atom is -0.376 e. The molecule has 7 heteroatoms. The van der Waals surface area contributed by atoms with Gasteiger partial charge in [-0.25, -0.2) is 4.99 Å². The first-order chi connectivity index (χ1) is 13.6. The molecule has 0 aromatic heterocycles. The molecule has 1 unspecified atom stereocenters. The van der Waals surface area contributed by atoms with Crippen LogP contribution < -0.4 is 15.5 Å². The second-order valence-electron chi connectivity index (χ2n) is 7.71. The number of carbonyl (C=O) groups excluding carboxylic acids is 1. The van der Waals surface area contributed by atoms with Gasteiger partial charge in [0, 0.05) is 52.1 Å². The van der Waals surface area contributed by atoms with Crippen molar-refractivity contribution in [2.75, 3.05) is 51.8 Å². The van der Waals surface area contributed by atoms with E-state index in [2.05, 4.69) is 50.9 Å². The number of amides is 1. The molecule has 1 amide bonds. The summed E-state index contributed by atoms with van der Waals surface area (Å²) in [4.78, 5) is 20.4. The molecule has 0 saturated carbocycles. The molecule has 0 aliphatic carbocycles. The van der Waals surface area contributed by atoms with E-state index in [-0.39, 0.29) is 18.6 Å². The Bertz CT molecular complexity index is 635. The molecule has 154 valence electrons. The number of benzene rings is 1. The summed E-state index contributed by atoms with van der Waals surface area (Å²) < 4.78 is 5.69. The Kier molecular flexibility index (Phi) is 7.54. The van der Waals surface area contributed by atoms with Gasteiger partial charge >= 0.3 is 0 Å². The zero-order valence-electron chi connectivity index (χ0n) is 17.1. The molecule has 2 aliphatic heterocycles. The van der Waals surface area contributed by atoms with Crippen molar-refractivity contribution in [2.24, 2.45) is 4.99 Å². The van der Waals surface area contributed by atoms with Crippen molar-refractivity contribution < 1.29 is 9.53 Å². The molecule has 2 heterocycles. The van der Waals surface area contributed by atoms with Crippen molar-refractivity contribution in [3.05, 3.63) is 30.3 Å². The van der Waals surface area contributed by atoms with E-state index in [1.165, 1.54) is 5.69 Å². The van der Waals surface area contributed by atoms with E-state index in [0.717, 1.165) is 51.9 Å². The van der Waals surface area contributed by atoms with Crippen molar-refractivity contribution in [2.45, 2.75) is 37.8 Å². The topological polar surface area (TPSA) is 69.2 Å². The van der Waals surface area contributed by atoms with E-state index in [1.807, 2.05) is 0 Å². The highest BCUT2D eigenvalue weighted by atomic mass is 16.5. The Morgan fingerprint density at radius 1 is 1.21 bits per heavy atom. The summed E-state index contributed by atoms with van der Waals surface area (Å²) in [6.07, 6.45) is 4.50. The Labute approximate surface area is 168 Å². The zero-order valence-corrected chi connectivity index (χ0v) is 17.1. The Morgan fingerprint density at radius 2 is 1.96 bits per heavy atom. The Hall–Kier alpha value is -2.28. The third-order valence-electron chi connectivity index (χ3n) is 5.35. The maximum absolute atomic E-state index is 11.9. The maximum atomic E-state index is 11.9. The number of anilines is 1. The highest BCUT2D eigenvalue weighted by Gasteiger charge is 2.21. The first kappa shape index (κ1) is 20.5. The van der Waals surface area contributed by atoms with Crippen molar-refractivity contribution in [3.63, 3.8) is 0 Å². The fourth-order valence-electron chi connectivity index (χ4n) is 3.57. The average molecular weight is 388 g/mol. The molecule has 0 bridgehead atoms. The molecule has 1 aromatic carbocycles. The number of ether oxygens (including phenoxy) is 1. The van der Waals surface area contributed by atoms with Crippen LogP contribution >= 0.6 is 0 Å². The molecule has 1 atom stereocenters.